The van der Waals surface area contributed by atoms with Gasteiger partial charge in [-0.15, -0.1) is 0 Å². The molecule has 3 aliphatic rings. The Balaban J connectivity index is 1.56. The van der Waals surface area contributed by atoms with Crippen molar-refractivity contribution in [3.63, 3.8) is 0 Å². The molecule has 3 fully saturated rings. The Kier molecular flexibility index (Phi) is 4.16. The van der Waals surface area contributed by atoms with Crippen LogP contribution in [0.25, 0.3) is 0 Å². The van der Waals surface area contributed by atoms with E-state index in [1.54, 1.807) is 0 Å². The molecule has 3 aliphatic heterocycles. The second kappa shape index (κ2) is 5.71. The van der Waals surface area contributed by atoms with Crippen molar-refractivity contribution in [3.05, 3.63) is 0 Å². The summed E-state index contributed by atoms with van der Waals surface area (Å²) in [6.07, 6.45) is 5.66. The van der Waals surface area contributed by atoms with Gasteiger partial charge in [0.05, 0.1) is 0 Å². The number of nitrogens with one attached hydrogen (secondary N) is 1. The highest BCUT2D eigenvalue weighted by atomic mass is 15.3. The van der Waals surface area contributed by atoms with E-state index in [1.807, 2.05) is 0 Å². The van der Waals surface area contributed by atoms with Gasteiger partial charge in [0.15, 0.2) is 0 Å². The standard InChI is InChI=1S/C16H31N3/c1-12(2)19-10-13(3)15(11-19)17-14-7-9-18-8-5-4-6-16(14)18/h12-17H,4-11H2,1-3H3. The fraction of sp³-hybridized carbons (Fsp3) is 1.00. The van der Waals surface area contributed by atoms with Crippen molar-refractivity contribution < 1.29 is 0 Å². The molecule has 4 atom stereocenters. The van der Waals surface area contributed by atoms with Crippen molar-refractivity contribution in [3.8, 4) is 0 Å². The molecule has 0 spiro atoms. The Bertz CT molecular complexity index is 304. The Morgan fingerprint density at radius 2 is 1.84 bits per heavy atom. The maximum atomic E-state index is 4.03. The zero-order chi connectivity index (χ0) is 13.4. The van der Waals surface area contributed by atoms with Gasteiger partial charge in [0, 0.05) is 43.8 Å². The summed E-state index contributed by atoms with van der Waals surface area (Å²) in [5.74, 6) is 0.806. The van der Waals surface area contributed by atoms with E-state index in [2.05, 4.69) is 35.9 Å². The molecule has 0 amide bonds. The molecular formula is C16H31N3. The summed E-state index contributed by atoms with van der Waals surface area (Å²) >= 11 is 0. The average Bonchev–Trinajstić information content (AvgIpc) is 2.96. The van der Waals surface area contributed by atoms with Crippen LogP contribution in [0.3, 0.4) is 0 Å². The van der Waals surface area contributed by atoms with Crippen LogP contribution in [0.2, 0.25) is 0 Å². The number of likely N-dealkylation sites (tertiary alicyclic amines) is 1. The highest BCUT2D eigenvalue weighted by Gasteiger charge is 2.39. The number of nitrogens with zero attached hydrogens (tertiary/aromatic N) is 2. The van der Waals surface area contributed by atoms with Crippen LogP contribution < -0.4 is 5.32 Å². The molecule has 0 aromatic heterocycles. The summed E-state index contributed by atoms with van der Waals surface area (Å²) in [4.78, 5) is 5.37. The Morgan fingerprint density at radius 3 is 2.58 bits per heavy atom. The van der Waals surface area contributed by atoms with Gasteiger partial charge in [-0.1, -0.05) is 13.3 Å². The molecule has 0 aliphatic carbocycles. The van der Waals surface area contributed by atoms with Crippen molar-refractivity contribution in [2.45, 2.75) is 70.6 Å². The lowest BCUT2D eigenvalue weighted by Gasteiger charge is -2.34. The van der Waals surface area contributed by atoms with Crippen molar-refractivity contribution >= 4 is 0 Å². The normalized spacial score (nSPS) is 41.1. The number of hydrogen-bond acceptors (Lipinski definition) is 3. The van der Waals surface area contributed by atoms with Crippen molar-refractivity contribution in [1.82, 2.24) is 15.1 Å². The molecule has 0 saturated carbocycles. The van der Waals surface area contributed by atoms with E-state index in [4.69, 9.17) is 0 Å². The van der Waals surface area contributed by atoms with Crippen molar-refractivity contribution in [1.29, 1.82) is 0 Å². The number of fused-ring (bicyclic) bond motifs is 1. The summed E-state index contributed by atoms with van der Waals surface area (Å²) in [5.41, 5.74) is 0. The Morgan fingerprint density at radius 1 is 1.00 bits per heavy atom. The zero-order valence-corrected chi connectivity index (χ0v) is 12.9. The van der Waals surface area contributed by atoms with Crippen LogP contribution in [0.15, 0.2) is 0 Å². The van der Waals surface area contributed by atoms with Crippen LogP contribution in [0.5, 0.6) is 0 Å². The SMILES string of the molecule is CC1CN(C(C)C)CC1NC1CCN2CCCCC12. The van der Waals surface area contributed by atoms with Gasteiger partial charge in [0.25, 0.3) is 0 Å². The second-order valence-electron chi connectivity index (χ2n) is 7.29. The predicted octanol–water partition coefficient (Wildman–Crippen LogP) is 1.93. The van der Waals surface area contributed by atoms with E-state index >= 15 is 0 Å². The monoisotopic (exact) mass is 265 g/mol. The van der Waals surface area contributed by atoms with Gasteiger partial charge >= 0.3 is 0 Å². The number of piperidine rings is 1. The van der Waals surface area contributed by atoms with Crippen molar-refractivity contribution in [2.24, 2.45) is 5.92 Å². The maximum absolute atomic E-state index is 4.03. The van der Waals surface area contributed by atoms with Gasteiger partial charge in [-0.2, -0.15) is 0 Å². The minimum absolute atomic E-state index is 0.698. The third-order valence-corrected chi connectivity index (χ3v) is 5.66. The smallest absolute Gasteiger partial charge is 0.0249 e. The predicted molar refractivity (Wildman–Crippen MR) is 80.4 cm³/mol. The first-order valence-corrected chi connectivity index (χ1v) is 8.39. The topological polar surface area (TPSA) is 18.5 Å². The second-order valence-corrected chi connectivity index (χ2v) is 7.29. The largest absolute Gasteiger partial charge is 0.308 e. The third kappa shape index (κ3) is 2.84. The van der Waals surface area contributed by atoms with E-state index in [-0.39, 0.29) is 0 Å². The molecule has 0 aromatic rings. The lowest BCUT2D eigenvalue weighted by atomic mass is 9.97. The molecule has 0 bridgehead atoms. The van der Waals surface area contributed by atoms with Crippen LogP contribution in [-0.4, -0.2) is 60.1 Å². The fourth-order valence-electron chi connectivity index (χ4n) is 4.36. The summed E-state index contributed by atoms with van der Waals surface area (Å²) < 4.78 is 0. The first kappa shape index (κ1) is 13.8. The summed E-state index contributed by atoms with van der Waals surface area (Å²) in [6.45, 7) is 12.3. The highest BCUT2D eigenvalue weighted by molar-refractivity contribution is 4.98. The van der Waals surface area contributed by atoms with Crippen LogP contribution in [0, 0.1) is 5.92 Å². The summed E-state index contributed by atoms with van der Waals surface area (Å²) in [6, 6.07) is 3.02. The summed E-state index contributed by atoms with van der Waals surface area (Å²) in [7, 11) is 0. The lowest BCUT2D eigenvalue weighted by molar-refractivity contribution is 0.174. The van der Waals surface area contributed by atoms with E-state index in [1.165, 1.54) is 51.9 Å². The molecule has 4 unspecified atom stereocenters. The first-order chi connectivity index (χ1) is 9.15. The molecule has 3 nitrogen and oxygen atoms in total. The van der Waals surface area contributed by atoms with Gasteiger partial charge in [0.1, 0.15) is 0 Å². The molecule has 110 valence electrons. The first-order valence-electron chi connectivity index (χ1n) is 8.39. The quantitative estimate of drug-likeness (QED) is 0.841. The average molecular weight is 265 g/mol. The molecule has 3 heterocycles. The van der Waals surface area contributed by atoms with Gasteiger partial charge in [-0.25, -0.2) is 0 Å². The zero-order valence-electron chi connectivity index (χ0n) is 12.9. The van der Waals surface area contributed by atoms with Gasteiger partial charge in [-0.3, -0.25) is 9.80 Å². The Labute approximate surface area is 118 Å². The van der Waals surface area contributed by atoms with Crippen LogP contribution >= 0.6 is 0 Å². The Hall–Kier alpha value is -0.120. The van der Waals surface area contributed by atoms with E-state index in [9.17, 15) is 0 Å². The molecule has 3 rings (SSSR count). The number of rotatable bonds is 3. The summed E-state index contributed by atoms with van der Waals surface area (Å²) in [5, 5.41) is 4.03. The molecule has 3 saturated heterocycles. The molecule has 0 radical (unpaired) electrons. The van der Waals surface area contributed by atoms with Crippen molar-refractivity contribution in [2.75, 3.05) is 26.2 Å². The van der Waals surface area contributed by atoms with Crippen LogP contribution in [-0.2, 0) is 0 Å². The molecule has 0 aromatic carbocycles. The fourth-order valence-corrected chi connectivity index (χ4v) is 4.36. The maximum Gasteiger partial charge on any atom is 0.0249 e. The number of hydrogen-bond donors (Lipinski definition) is 1. The van der Waals surface area contributed by atoms with E-state index < -0.39 is 0 Å². The molecule has 1 N–H and O–H groups in total. The third-order valence-electron chi connectivity index (χ3n) is 5.66. The van der Waals surface area contributed by atoms with E-state index in [0.29, 0.717) is 12.1 Å². The van der Waals surface area contributed by atoms with Gasteiger partial charge in [-0.05, 0) is 45.6 Å². The molecule has 19 heavy (non-hydrogen) atoms. The van der Waals surface area contributed by atoms with Crippen LogP contribution in [0.4, 0.5) is 0 Å². The minimum Gasteiger partial charge on any atom is -0.308 e. The lowest BCUT2D eigenvalue weighted by Crippen LogP contribution is -2.50. The van der Waals surface area contributed by atoms with Gasteiger partial charge in [0.2, 0.25) is 0 Å². The minimum atomic E-state index is 0.698. The highest BCUT2D eigenvalue weighted by Crippen LogP contribution is 2.29. The van der Waals surface area contributed by atoms with Gasteiger partial charge < -0.3 is 5.32 Å². The van der Waals surface area contributed by atoms with Crippen LogP contribution in [0.1, 0.15) is 46.5 Å². The molecule has 3 heteroatoms. The van der Waals surface area contributed by atoms with E-state index in [0.717, 1.165) is 18.0 Å². The molecular weight excluding hydrogens is 234 g/mol.